The fourth-order valence-electron chi connectivity index (χ4n) is 4.52. The quantitative estimate of drug-likeness (QED) is 0.0609. The molecule has 0 aliphatic heterocycles. The number of rotatable bonds is 18. The van der Waals surface area contributed by atoms with E-state index in [9.17, 15) is 36.4 Å². The minimum absolute atomic E-state index is 0.0446. The van der Waals surface area contributed by atoms with E-state index in [0.717, 1.165) is 18.2 Å². The third-order valence-electron chi connectivity index (χ3n) is 7.19. The number of anilines is 3. The summed E-state index contributed by atoms with van der Waals surface area (Å²) in [6.07, 6.45) is -1.25. The highest BCUT2D eigenvalue weighted by Crippen LogP contribution is 2.32. The van der Waals surface area contributed by atoms with Crippen LogP contribution >= 0.6 is 23.2 Å². The second-order valence-corrected chi connectivity index (χ2v) is 14.4. The minimum Gasteiger partial charge on any atom is -0.755 e. The van der Waals surface area contributed by atoms with Crippen LogP contribution in [0.4, 0.5) is 17.1 Å². The Hall–Kier alpha value is -5.12. The van der Waals surface area contributed by atoms with E-state index in [1.807, 2.05) is 0 Å². The molecule has 4 atom stereocenters. The number of hydrogen-bond acceptors (Lipinski definition) is 16. The van der Waals surface area contributed by atoms with Crippen molar-refractivity contribution in [2.24, 2.45) is 5.14 Å². The fraction of sp³-hybridized carbons (Fsp3) is 0.273. The number of primary sulfonamides is 1. The average molecular weight is 845 g/mol. The third kappa shape index (κ3) is 12.2. The SMILES string of the molecule is CC(COC(=O)C(C)OC(=O)c1cc(S(N)(=O)=O)c(Cl)cc1NCc1ccco1)OC(=O)C(C)OC(=O)c1cc(NS(=O)[O-])c(Cl)cc1NCc1ccco1. The summed E-state index contributed by atoms with van der Waals surface area (Å²) in [7, 11) is -4.36. The molecule has 0 amide bonds. The number of carbonyl (C=O) groups excluding carboxylic acids is 4. The van der Waals surface area contributed by atoms with Crippen molar-refractivity contribution in [2.45, 2.75) is 57.1 Å². The van der Waals surface area contributed by atoms with Crippen LogP contribution < -0.4 is 20.5 Å². The summed E-state index contributed by atoms with van der Waals surface area (Å²) >= 11 is 9.51. The molecule has 296 valence electrons. The maximum atomic E-state index is 13.2. The maximum absolute atomic E-state index is 13.2. The van der Waals surface area contributed by atoms with Crippen molar-refractivity contribution in [3.05, 3.63) is 93.7 Å². The summed E-state index contributed by atoms with van der Waals surface area (Å²) in [5.41, 5.74) is -0.472. The van der Waals surface area contributed by atoms with E-state index < -0.39 is 75.0 Å². The van der Waals surface area contributed by atoms with E-state index in [4.69, 9.17) is 56.1 Å². The van der Waals surface area contributed by atoms with Gasteiger partial charge in [0.05, 0.1) is 63.9 Å². The first-order valence-corrected chi connectivity index (χ1v) is 19.2. The van der Waals surface area contributed by atoms with Gasteiger partial charge in [0.1, 0.15) is 29.1 Å². The van der Waals surface area contributed by atoms with Crippen LogP contribution in [0.15, 0.2) is 74.8 Å². The van der Waals surface area contributed by atoms with Gasteiger partial charge in [0.2, 0.25) is 10.0 Å². The van der Waals surface area contributed by atoms with Gasteiger partial charge in [-0.25, -0.2) is 32.7 Å². The Labute approximate surface area is 326 Å². The molecule has 4 unspecified atom stereocenters. The number of sulfonamides is 1. The lowest BCUT2D eigenvalue weighted by Gasteiger charge is -2.20. The predicted molar refractivity (Wildman–Crippen MR) is 195 cm³/mol. The molecular weight excluding hydrogens is 811 g/mol. The number of ether oxygens (including phenoxy) is 4. The Morgan fingerprint density at radius 3 is 1.80 bits per heavy atom. The number of esters is 4. The number of halogens is 2. The van der Waals surface area contributed by atoms with Gasteiger partial charge in [-0.15, -0.1) is 0 Å². The largest absolute Gasteiger partial charge is 0.755 e. The van der Waals surface area contributed by atoms with Gasteiger partial charge in [0.15, 0.2) is 12.2 Å². The molecule has 4 rings (SSSR count). The smallest absolute Gasteiger partial charge is 0.347 e. The standard InChI is InChI=1S/C33H34Cl2N4O14S2/c1-17(51-31(41)19(3)53-32(42)22-10-28(39-54(44)45)24(34)12-26(22)37-14-20-6-4-8-48-20)16-50-30(40)18(2)52-33(43)23-11-29(55(36,46)47)25(35)13-27(23)38-15-21-7-5-9-49-21/h4-13,17-19,37-39H,14-16H2,1-3H3,(H,44,45)(H2,36,46,47)/p-1. The zero-order valence-electron chi connectivity index (χ0n) is 29.0. The molecule has 0 saturated heterocycles. The molecule has 18 nitrogen and oxygen atoms in total. The number of nitrogens with two attached hydrogens (primary N) is 1. The minimum atomic E-state index is -4.36. The van der Waals surface area contributed by atoms with Gasteiger partial charge in [-0.05, 0) is 69.3 Å². The van der Waals surface area contributed by atoms with E-state index in [0.29, 0.717) is 11.5 Å². The van der Waals surface area contributed by atoms with Gasteiger partial charge in [-0.3, -0.25) is 4.21 Å². The van der Waals surface area contributed by atoms with Gasteiger partial charge in [-0.2, -0.15) is 0 Å². The predicted octanol–water partition coefficient (Wildman–Crippen LogP) is 4.52. The zero-order valence-corrected chi connectivity index (χ0v) is 32.1. The molecule has 0 fully saturated rings. The maximum Gasteiger partial charge on any atom is 0.347 e. The van der Waals surface area contributed by atoms with E-state index in [2.05, 4.69) is 15.4 Å². The molecule has 0 saturated carbocycles. The topological polar surface area (TPSA) is 268 Å². The lowest BCUT2D eigenvalue weighted by atomic mass is 10.1. The third-order valence-corrected chi connectivity index (χ3v) is 9.27. The summed E-state index contributed by atoms with van der Waals surface area (Å²) in [5.74, 6) is -3.29. The Balaban J connectivity index is 1.34. The zero-order chi connectivity index (χ0) is 40.4. The van der Waals surface area contributed by atoms with Crippen LogP contribution in [-0.2, 0) is 62.9 Å². The molecule has 2 aromatic heterocycles. The van der Waals surface area contributed by atoms with E-state index in [1.165, 1.54) is 39.4 Å². The number of nitrogens with one attached hydrogen (secondary N) is 3. The molecule has 55 heavy (non-hydrogen) atoms. The van der Waals surface area contributed by atoms with E-state index in [-0.39, 0.29) is 51.3 Å². The normalized spacial score (nSPS) is 13.4. The van der Waals surface area contributed by atoms with Crippen LogP contribution in [-0.4, -0.2) is 66.0 Å². The summed E-state index contributed by atoms with van der Waals surface area (Å²) in [6.45, 7) is 3.44. The number of carbonyl (C=O) groups is 4. The monoisotopic (exact) mass is 843 g/mol. The second kappa shape index (κ2) is 19.0. The number of furan rings is 2. The van der Waals surface area contributed by atoms with Gasteiger partial charge in [0, 0.05) is 11.3 Å². The van der Waals surface area contributed by atoms with Crippen molar-refractivity contribution in [2.75, 3.05) is 22.0 Å². The van der Waals surface area contributed by atoms with Gasteiger partial charge < -0.3 is 47.7 Å². The molecule has 0 spiro atoms. The Kier molecular flexibility index (Phi) is 14.7. The molecule has 0 bridgehead atoms. The molecular formula is C33H33Cl2N4O14S2-. The molecule has 4 aromatic rings. The van der Waals surface area contributed by atoms with Crippen molar-refractivity contribution in [1.82, 2.24) is 0 Å². The first-order chi connectivity index (χ1) is 25.9. The van der Waals surface area contributed by atoms with Crippen LogP contribution in [0.3, 0.4) is 0 Å². The fourth-order valence-corrected chi connectivity index (χ4v) is 6.24. The lowest BCUT2D eigenvalue weighted by molar-refractivity contribution is -0.167. The van der Waals surface area contributed by atoms with Crippen LogP contribution in [0.5, 0.6) is 0 Å². The second-order valence-electron chi connectivity index (χ2n) is 11.4. The highest BCUT2D eigenvalue weighted by atomic mass is 35.5. The van der Waals surface area contributed by atoms with E-state index >= 15 is 0 Å². The molecule has 5 N–H and O–H groups in total. The van der Waals surface area contributed by atoms with Crippen molar-refractivity contribution in [3.63, 3.8) is 0 Å². The van der Waals surface area contributed by atoms with Crippen LogP contribution in [0.25, 0.3) is 0 Å². The van der Waals surface area contributed by atoms with Crippen molar-refractivity contribution >= 4 is 85.4 Å². The molecule has 2 heterocycles. The van der Waals surface area contributed by atoms with Gasteiger partial charge in [-0.1, -0.05) is 23.2 Å². The number of benzene rings is 2. The molecule has 2 aromatic carbocycles. The lowest BCUT2D eigenvalue weighted by Crippen LogP contribution is -2.33. The van der Waals surface area contributed by atoms with Crippen molar-refractivity contribution in [1.29, 1.82) is 0 Å². The van der Waals surface area contributed by atoms with Gasteiger partial charge >= 0.3 is 23.9 Å². The summed E-state index contributed by atoms with van der Waals surface area (Å²) < 4.78 is 80.1. The summed E-state index contributed by atoms with van der Waals surface area (Å²) in [4.78, 5) is 51.3. The van der Waals surface area contributed by atoms with Gasteiger partial charge in [0.25, 0.3) is 0 Å². The van der Waals surface area contributed by atoms with Crippen LogP contribution in [0.1, 0.15) is 53.0 Å². The highest BCUT2D eigenvalue weighted by molar-refractivity contribution is 7.89. The summed E-state index contributed by atoms with van der Waals surface area (Å²) in [5, 5.41) is 10.7. The first kappa shape index (κ1) is 42.6. The molecule has 0 radical (unpaired) electrons. The van der Waals surface area contributed by atoms with Crippen LogP contribution in [0, 0.1) is 0 Å². The summed E-state index contributed by atoms with van der Waals surface area (Å²) in [6, 6.07) is 11.0. The average Bonchev–Trinajstić information content (AvgIpc) is 3.84. The molecule has 0 aliphatic carbocycles. The van der Waals surface area contributed by atoms with E-state index in [1.54, 1.807) is 24.3 Å². The molecule has 22 heteroatoms. The first-order valence-electron chi connectivity index (χ1n) is 15.8. The Bertz CT molecular complexity index is 2150. The molecule has 0 aliphatic rings. The Morgan fingerprint density at radius 2 is 1.31 bits per heavy atom. The highest BCUT2D eigenvalue weighted by Gasteiger charge is 2.28. The van der Waals surface area contributed by atoms with Crippen LogP contribution in [0.2, 0.25) is 10.0 Å². The Morgan fingerprint density at radius 1 is 0.800 bits per heavy atom. The van der Waals surface area contributed by atoms with Crippen molar-refractivity contribution < 1.29 is 64.1 Å². The van der Waals surface area contributed by atoms with Crippen molar-refractivity contribution in [3.8, 4) is 0 Å². The number of hydrogen-bond donors (Lipinski definition) is 4.